The van der Waals surface area contributed by atoms with Crippen molar-refractivity contribution in [2.75, 3.05) is 26.7 Å². The number of nitrogens with zero attached hydrogens (tertiary/aromatic N) is 1. The normalized spacial score (nSPS) is 11.9. The van der Waals surface area contributed by atoms with E-state index in [2.05, 4.69) is 10.6 Å². The summed E-state index contributed by atoms with van der Waals surface area (Å²) in [6, 6.07) is 6.65. The van der Waals surface area contributed by atoms with Gasteiger partial charge in [-0.3, -0.25) is 15.0 Å². The van der Waals surface area contributed by atoms with Crippen LogP contribution in [0.5, 0.6) is 5.75 Å². The van der Waals surface area contributed by atoms with Crippen LogP contribution in [-0.4, -0.2) is 49.6 Å². The molecule has 1 rings (SSSR count). The molecule has 0 radical (unpaired) electrons. The van der Waals surface area contributed by atoms with Crippen LogP contribution in [0.25, 0.3) is 0 Å². The van der Waals surface area contributed by atoms with E-state index in [1.807, 2.05) is 13.8 Å². The first-order valence-corrected chi connectivity index (χ1v) is 7.95. The number of amides is 3. The maximum Gasteiger partial charge on any atom is 0.321 e. The first-order chi connectivity index (χ1) is 10.9. The summed E-state index contributed by atoms with van der Waals surface area (Å²) in [6.07, 6.45) is 0.809. The summed E-state index contributed by atoms with van der Waals surface area (Å²) >= 11 is 5.79. The fourth-order valence-electron chi connectivity index (χ4n) is 1.70. The number of urea groups is 1. The molecule has 6 nitrogen and oxygen atoms in total. The number of rotatable bonds is 8. The van der Waals surface area contributed by atoms with Crippen molar-refractivity contribution < 1.29 is 14.3 Å². The van der Waals surface area contributed by atoms with Crippen molar-refractivity contribution in [3.63, 3.8) is 0 Å². The number of hydrogen-bond donors (Lipinski definition) is 2. The molecule has 0 unspecified atom stereocenters. The number of carbonyl (C=O) groups is 2. The lowest BCUT2D eigenvalue weighted by Gasteiger charge is -2.17. The highest BCUT2D eigenvalue weighted by Crippen LogP contribution is 2.15. The molecule has 0 fully saturated rings. The standard InChI is InChI=1S/C16H24ClN3O3/c1-4-12(2)18-16(22)19-15(21)11-20(3)9-10-23-14-7-5-13(17)6-8-14/h5-8,12H,4,9-11H2,1-3H3,(H2,18,19,21,22)/t12-/m1/s1. The summed E-state index contributed by atoms with van der Waals surface area (Å²) in [5, 5.41) is 5.64. The van der Waals surface area contributed by atoms with Crippen molar-refractivity contribution in [2.24, 2.45) is 0 Å². The summed E-state index contributed by atoms with van der Waals surface area (Å²) in [5.74, 6) is 0.375. The fourth-order valence-corrected chi connectivity index (χ4v) is 1.83. The molecule has 0 saturated heterocycles. The molecule has 0 aliphatic heterocycles. The zero-order chi connectivity index (χ0) is 17.2. The van der Waals surface area contributed by atoms with Gasteiger partial charge in [0.2, 0.25) is 5.91 Å². The van der Waals surface area contributed by atoms with E-state index in [4.69, 9.17) is 16.3 Å². The number of halogens is 1. The monoisotopic (exact) mass is 341 g/mol. The second-order valence-corrected chi connectivity index (χ2v) is 5.81. The minimum absolute atomic E-state index is 0.0355. The van der Waals surface area contributed by atoms with Gasteiger partial charge in [0.25, 0.3) is 0 Å². The second-order valence-electron chi connectivity index (χ2n) is 5.37. The Bertz CT molecular complexity index is 508. The molecule has 0 saturated carbocycles. The Hall–Kier alpha value is -1.79. The van der Waals surface area contributed by atoms with Crippen LogP contribution in [0.1, 0.15) is 20.3 Å². The molecule has 0 aromatic heterocycles. The molecule has 1 aromatic rings. The van der Waals surface area contributed by atoms with E-state index < -0.39 is 6.03 Å². The molecule has 23 heavy (non-hydrogen) atoms. The van der Waals surface area contributed by atoms with Crippen LogP contribution in [0.15, 0.2) is 24.3 Å². The Morgan fingerprint density at radius 1 is 1.30 bits per heavy atom. The minimum Gasteiger partial charge on any atom is -0.492 e. The molecule has 7 heteroatoms. The Balaban J connectivity index is 2.22. The van der Waals surface area contributed by atoms with E-state index >= 15 is 0 Å². The van der Waals surface area contributed by atoms with Crippen molar-refractivity contribution in [3.05, 3.63) is 29.3 Å². The van der Waals surface area contributed by atoms with Gasteiger partial charge in [-0.15, -0.1) is 0 Å². The Kier molecular flexibility index (Phi) is 8.43. The van der Waals surface area contributed by atoms with E-state index in [0.717, 1.165) is 12.2 Å². The molecule has 0 aliphatic rings. The topological polar surface area (TPSA) is 70.7 Å². The summed E-state index contributed by atoms with van der Waals surface area (Å²) in [6.45, 7) is 4.96. The lowest BCUT2D eigenvalue weighted by molar-refractivity contribution is -0.120. The number of benzene rings is 1. The van der Waals surface area contributed by atoms with Gasteiger partial charge in [-0.05, 0) is 44.7 Å². The third-order valence-electron chi connectivity index (χ3n) is 3.21. The van der Waals surface area contributed by atoms with Crippen LogP contribution in [-0.2, 0) is 4.79 Å². The minimum atomic E-state index is -0.463. The van der Waals surface area contributed by atoms with E-state index in [1.165, 1.54) is 0 Å². The maximum absolute atomic E-state index is 11.7. The molecule has 128 valence electrons. The van der Waals surface area contributed by atoms with E-state index in [9.17, 15) is 9.59 Å². The third-order valence-corrected chi connectivity index (χ3v) is 3.46. The predicted octanol–water partition coefficient (Wildman–Crippen LogP) is 2.27. The van der Waals surface area contributed by atoms with Gasteiger partial charge in [0.1, 0.15) is 12.4 Å². The lowest BCUT2D eigenvalue weighted by Crippen LogP contribution is -2.46. The zero-order valence-corrected chi connectivity index (χ0v) is 14.5. The smallest absolute Gasteiger partial charge is 0.321 e. The van der Waals surface area contributed by atoms with Crippen LogP contribution >= 0.6 is 11.6 Å². The summed E-state index contributed by atoms with van der Waals surface area (Å²) in [4.78, 5) is 25.0. The zero-order valence-electron chi connectivity index (χ0n) is 13.8. The molecule has 2 N–H and O–H groups in total. The quantitative estimate of drug-likeness (QED) is 0.761. The molecule has 3 amide bonds. The number of hydrogen-bond acceptors (Lipinski definition) is 4. The molecule has 1 atom stereocenters. The van der Waals surface area contributed by atoms with E-state index in [-0.39, 0.29) is 18.5 Å². The highest BCUT2D eigenvalue weighted by Gasteiger charge is 2.11. The van der Waals surface area contributed by atoms with Gasteiger partial charge >= 0.3 is 6.03 Å². The SMILES string of the molecule is CC[C@@H](C)NC(=O)NC(=O)CN(C)CCOc1ccc(Cl)cc1. The third kappa shape index (κ3) is 8.42. The average molecular weight is 342 g/mol. The molecule has 0 aliphatic carbocycles. The summed E-state index contributed by atoms with van der Waals surface area (Å²) < 4.78 is 5.55. The highest BCUT2D eigenvalue weighted by atomic mass is 35.5. The first-order valence-electron chi connectivity index (χ1n) is 7.58. The van der Waals surface area contributed by atoms with Crippen molar-refractivity contribution in [1.29, 1.82) is 0 Å². The van der Waals surface area contributed by atoms with Gasteiger partial charge in [0.15, 0.2) is 0 Å². The van der Waals surface area contributed by atoms with Gasteiger partial charge in [0, 0.05) is 17.6 Å². The fraction of sp³-hybridized carbons (Fsp3) is 0.500. The van der Waals surface area contributed by atoms with Crippen molar-refractivity contribution in [1.82, 2.24) is 15.5 Å². The van der Waals surface area contributed by atoms with Crippen LogP contribution in [0.3, 0.4) is 0 Å². The lowest BCUT2D eigenvalue weighted by atomic mass is 10.3. The average Bonchev–Trinajstić information content (AvgIpc) is 2.48. The number of likely N-dealkylation sites (N-methyl/N-ethyl adjacent to an activating group) is 1. The number of imide groups is 1. The summed E-state index contributed by atoms with van der Waals surface area (Å²) in [5.41, 5.74) is 0. The van der Waals surface area contributed by atoms with Crippen molar-refractivity contribution in [2.45, 2.75) is 26.3 Å². The van der Waals surface area contributed by atoms with Gasteiger partial charge in [-0.25, -0.2) is 4.79 Å². The number of carbonyl (C=O) groups excluding carboxylic acids is 2. The molecular weight excluding hydrogens is 318 g/mol. The molecule has 1 aromatic carbocycles. The Labute approximate surface area is 142 Å². The van der Waals surface area contributed by atoms with E-state index in [0.29, 0.717) is 18.2 Å². The van der Waals surface area contributed by atoms with Gasteiger partial charge in [-0.2, -0.15) is 0 Å². The highest BCUT2D eigenvalue weighted by molar-refractivity contribution is 6.30. The van der Waals surface area contributed by atoms with Gasteiger partial charge in [-0.1, -0.05) is 18.5 Å². The molecule has 0 heterocycles. The van der Waals surface area contributed by atoms with Crippen LogP contribution in [0, 0.1) is 0 Å². The van der Waals surface area contributed by atoms with Crippen LogP contribution in [0.4, 0.5) is 4.79 Å². The van der Waals surface area contributed by atoms with Crippen LogP contribution < -0.4 is 15.4 Å². The Morgan fingerprint density at radius 3 is 2.57 bits per heavy atom. The largest absolute Gasteiger partial charge is 0.492 e. The molecule has 0 spiro atoms. The molecular formula is C16H24ClN3O3. The van der Waals surface area contributed by atoms with Crippen molar-refractivity contribution in [3.8, 4) is 5.75 Å². The van der Waals surface area contributed by atoms with Crippen molar-refractivity contribution >= 4 is 23.5 Å². The number of nitrogens with one attached hydrogen (secondary N) is 2. The van der Waals surface area contributed by atoms with Gasteiger partial charge in [0.05, 0.1) is 6.54 Å². The molecule has 0 bridgehead atoms. The summed E-state index contributed by atoms with van der Waals surface area (Å²) in [7, 11) is 1.79. The first kappa shape index (κ1) is 19.3. The number of ether oxygens (including phenoxy) is 1. The maximum atomic E-state index is 11.7. The second kappa shape index (κ2) is 10.1. The van der Waals surface area contributed by atoms with Crippen LogP contribution in [0.2, 0.25) is 5.02 Å². The Morgan fingerprint density at radius 2 is 1.96 bits per heavy atom. The van der Waals surface area contributed by atoms with E-state index in [1.54, 1.807) is 36.2 Å². The van der Waals surface area contributed by atoms with Gasteiger partial charge < -0.3 is 10.1 Å². The predicted molar refractivity (Wildman–Crippen MR) is 90.9 cm³/mol.